The summed E-state index contributed by atoms with van der Waals surface area (Å²) in [7, 11) is 0. The molecule has 0 unspecified atom stereocenters. The van der Waals surface area contributed by atoms with Crippen molar-refractivity contribution in [3.8, 4) is 33.4 Å². The van der Waals surface area contributed by atoms with Crippen molar-refractivity contribution in [2.45, 2.75) is 29.6 Å². The number of fused-ring (bicyclic) bond motifs is 11. The van der Waals surface area contributed by atoms with Crippen molar-refractivity contribution in [3.63, 3.8) is 0 Å². The molecule has 1 aliphatic heterocycles. The molecule has 4 aliphatic rings. The fourth-order valence-corrected chi connectivity index (χ4v) is 11.9. The minimum absolute atomic E-state index is 0.0702. The molecular formula is C57H41NS. The van der Waals surface area contributed by atoms with Crippen LogP contribution in [0.25, 0.3) is 44.5 Å². The van der Waals surface area contributed by atoms with Gasteiger partial charge in [-0.1, -0.05) is 172 Å². The number of rotatable bonds is 5. The minimum Gasteiger partial charge on any atom is -0.310 e. The first-order chi connectivity index (χ1) is 29.0. The summed E-state index contributed by atoms with van der Waals surface area (Å²) in [6, 6.07) is 69.8. The maximum absolute atomic E-state index is 2.56. The molecule has 280 valence electrons. The zero-order valence-corrected chi connectivity index (χ0v) is 33.9. The van der Waals surface area contributed by atoms with Gasteiger partial charge in [-0.15, -0.1) is 11.8 Å². The lowest BCUT2D eigenvalue weighted by Gasteiger charge is -2.28. The second kappa shape index (κ2) is 12.9. The van der Waals surface area contributed by atoms with E-state index in [1.54, 1.807) is 0 Å². The van der Waals surface area contributed by atoms with Crippen LogP contribution in [0.3, 0.4) is 0 Å². The molecule has 0 N–H and O–H groups in total. The first kappa shape index (κ1) is 34.4. The summed E-state index contributed by atoms with van der Waals surface area (Å²) in [5.41, 5.74) is 23.3. The Balaban J connectivity index is 0.913. The first-order valence-corrected chi connectivity index (χ1v) is 21.7. The second-order valence-electron chi connectivity index (χ2n) is 16.8. The molecule has 1 nitrogen and oxygen atoms in total. The van der Waals surface area contributed by atoms with Crippen molar-refractivity contribution in [1.29, 1.82) is 0 Å². The van der Waals surface area contributed by atoms with Gasteiger partial charge in [0.25, 0.3) is 0 Å². The van der Waals surface area contributed by atoms with Crippen molar-refractivity contribution in [3.05, 3.63) is 239 Å². The van der Waals surface area contributed by atoms with Crippen molar-refractivity contribution in [2.75, 3.05) is 10.7 Å². The third-order valence-electron chi connectivity index (χ3n) is 13.4. The Kier molecular flexibility index (Phi) is 7.56. The van der Waals surface area contributed by atoms with Crippen molar-refractivity contribution >= 4 is 40.0 Å². The fraction of sp³-hybridized carbons (Fsp3) is 0.0877. The van der Waals surface area contributed by atoms with Crippen LogP contribution in [0.5, 0.6) is 0 Å². The number of anilines is 3. The summed E-state index contributed by atoms with van der Waals surface area (Å²) < 4.78 is 0. The smallest absolute Gasteiger partial charge is 0.0659 e. The van der Waals surface area contributed by atoms with Crippen LogP contribution in [0.2, 0.25) is 0 Å². The van der Waals surface area contributed by atoms with Gasteiger partial charge < -0.3 is 4.90 Å². The topological polar surface area (TPSA) is 3.24 Å². The lowest BCUT2D eigenvalue weighted by Crippen LogP contribution is -2.22. The molecule has 0 atom stereocenters. The van der Waals surface area contributed by atoms with Gasteiger partial charge in [-0.2, -0.15) is 0 Å². The van der Waals surface area contributed by atoms with Gasteiger partial charge in [-0.3, -0.25) is 0 Å². The lowest BCUT2D eigenvalue weighted by molar-refractivity contribution is 0.660. The summed E-state index contributed by atoms with van der Waals surface area (Å²) in [5, 5.41) is 0. The predicted octanol–water partition coefficient (Wildman–Crippen LogP) is 15.0. The molecule has 12 rings (SSSR count). The maximum Gasteiger partial charge on any atom is 0.0659 e. The number of hydrogen-bond donors (Lipinski definition) is 0. The SMILES string of the molecule is CC1(C)c2ccccc2-c2ccc(N(c3ccccc3)c3ccc(-c4cccc5c4SC/C5=C\C4=CC5(c6ccccc64)c4ccccc4-c4ccccc45)cc3)cc21. The van der Waals surface area contributed by atoms with E-state index in [1.807, 2.05) is 11.8 Å². The number of allylic oxidation sites excluding steroid dienone is 3. The van der Waals surface area contributed by atoms with E-state index >= 15 is 0 Å². The largest absolute Gasteiger partial charge is 0.310 e. The minimum atomic E-state index is -0.289. The van der Waals surface area contributed by atoms with E-state index < -0.39 is 0 Å². The molecule has 0 saturated heterocycles. The quantitative estimate of drug-likeness (QED) is 0.171. The van der Waals surface area contributed by atoms with Crippen LogP contribution < -0.4 is 4.90 Å². The molecule has 0 radical (unpaired) electrons. The number of hydrogen-bond acceptors (Lipinski definition) is 2. The molecule has 0 bridgehead atoms. The Bertz CT molecular complexity index is 3030. The summed E-state index contributed by atoms with van der Waals surface area (Å²) in [4.78, 5) is 3.76. The monoisotopic (exact) mass is 771 g/mol. The molecule has 8 aromatic rings. The molecule has 1 heterocycles. The molecule has 0 fully saturated rings. The molecule has 1 spiro atoms. The van der Waals surface area contributed by atoms with Crippen LogP contribution in [-0.2, 0) is 10.8 Å². The van der Waals surface area contributed by atoms with E-state index in [9.17, 15) is 0 Å². The van der Waals surface area contributed by atoms with Crippen molar-refractivity contribution < 1.29 is 0 Å². The number of nitrogens with zero attached hydrogens (tertiary/aromatic N) is 1. The van der Waals surface area contributed by atoms with E-state index in [1.165, 1.54) is 94.1 Å². The summed E-state index contributed by atoms with van der Waals surface area (Å²) in [6.45, 7) is 4.71. The third-order valence-corrected chi connectivity index (χ3v) is 14.6. The van der Waals surface area contributed by atoms with Crippen molar-refractivity contribution in [1.82, 2.24) is 0 Å². The Morgan fingerprint density at radius 2 is 0.949 bits per heavy atom. The average Bonchev–Trinajstić information content (AvgIpc) is 4.00. The van der Waals surface area contributed by atoms with Crippen LogP contribution in [-0.4, -0.2) is 5.75 Å². The fourth-order valence-electron chi connectivity index (χ4n) is 10.7. The van der Waals surface area contributed by atoms with Gasteiger partial charge >= 0.3 is 0 Å². The van der Waals surface area contributed by atoms with E-state index in [2.05, 4.69) is 219 Å². The van der Waals surface area contributed by atoms with Gasteiger partial charge in [0.05, 0.1) is 5.41 Å². The molecule has 2 heteroatoms. The second-order valence-corrected chi connectivity index (χ2v) is 17.8. The Hall–Kier alpha value is -6.61. The Labute approximate surface area is 351 Å². The van der Waals surface area contributed by atoms with E-state index in [0.29, 0.717) is 0 Å². The predicted molar refractivity (Wildman–Crippen MR) is 249 cm³/mol. The third kappa shape index (κ3) is 5.00. The molecule has 3 aliphatic carbocycles. The Morgan fingerprint density at radius 3 is 1.64 bits per heavy atom. The highest BCUT2D eigenvalue weighted by atomic mass is 32.2. The number of benzene rings is 8. The summed E-state index contributed by atoms with van der Waals surface area (Å²) in [5.74, 6) is 0.949. The summed E-state index contributed by atoms with van der Waals surface area (Å²) >= 11 is 1.97. The van der Waals surface area contributed by atoms with E-state index in [-0.39, 0.29) is 10.8 Å². The zero-order valence-electron chi connectivity index (χ0n) is 33.1. The highest BCUT2D eigenvalue weighted by molar-refractivity contribution is 8.00. The first-order valence-electron chi connectivity index (χ1n) is 20.7. The number of para-hydroxylation sites is 1. The molecule has 59 heavy (non-hydrogen) atoms. The van der Waals surface area contributed by atoms with Crippen molar-refractivity contribution in [2.24, 2.45) is 0 Å². The molecule has 0 amide bonds. The van der Waals surface area contributed by atoms with Gasteiger partial charge in [0, 0.05) is 33.1 Å². The normalized spacial score (nSPS) is 16.2. The average molecular weight is 772 g/mol. The van der Waals surface area contributed by atoms with Gasteiger partial charge in [-0.25, -0.2) is 0 Å². The lowest BCUT2D eigenvalue weighted by atomic mass is 9.74. The van der Waals surface area contributed by atoms with E-state index in [0.717, 1.165) is 17.1 Å². The maximum atomic E-state index is 2.56. The van der Waals surface area contributed by atoms with Crippen LogP contribution in [0.15, 0.2) is 205 Å². The Morgan fingerprint density at radius 1 is 0.441 bits per heavy atom. The van der Waals surface area contributed by atoms with Crippen LogP contribution in [0.1, 0.15) is 52.8 Å². The van der Waals surface area contributed by atoms with Gasteiger partial charge in [-0.05, 0) is 126 Å². The van der Waals surface area contributed by atoms with Gasteiger partial charge in [0.15, 0.2) is 0 Å². The van der Waals surface area contributed by atoms with Gasteiger partial charge in [0.2, 0.25) is 0 Å². The van der Waals surface area contributed by atoms with Gasteiger partial charge in [0.1, 0.15) is 0 Å². The standard InChI is InChI=1S/C57H41NS/c1-56(2)50-23-10-7-18-46(50)49-32-31-42(34-54(49)56)58(40-15-4-3-5-16-40)41-29-27-37(28-30-41)44-21-14-22-45-39(36-59-55(44)45)33-38-35-57(51-24-11-6-17-43(38)51)52-25-12-8-19-47(52)48-20-9-13-26-53(48)57/h3-35H,36H2,1-2H3/b39-33+. The zero-order chi connectivity index (χ0) is 39.3. The number of thioether (sulfide) groups is 1. The highest BCUT2D eigenvalue weighted by Gasteiger charge is 2.47. The molecule has 0 aromatic heterocycles. The van der Waals surface area contributed by atoms with Crippen LogP contribution in [0, 0.1) is 0 Å². The molecule has 8 aromatic carbocycles. The summed E-state index contributed by atoms with van der Waals surface area (Å²) in [6.07, 6.45) is 5.04. The highest BCUT2D eigenvalue weighted by Crippen LogP contribution is 2.59. The molecule has 0 saturated carbocycles. The van der Waals surface area contributed by atoms with Crippen LogP contribution in [0.4, 0.5) is 17.1 Å². The van der Waals surface area contributed by atoms with Crippen LogP contribution >= 0.6 is 11.8 Å². The van der Waals surface area contributed by atoms with E-state index in [4.69, 9.17) is 0 Å². The molecular weight excluding hydrogens is 731 g/mol.